The van der Waals surface area contributed by atoms with Crippen LogP contribution in [0.2, 0.25) is 0 Å². The minimum atomic E-state index is -1.85. The van der Waals surface area contributed by atoms with E-state index in [1.54, 1.807) is 24.3 Å². The molecular weight excluding hydrogens is 351 g/mol. The monoisotopic (exact) mass is 366 g/mol. The Morgan fingerprint density at radius 1 is 1.07 bits per heavy atom. The van der Waals surface area contributed by atoms with E-state index in [0.29, 0.717) is 28.0 Å². The van der Waals surface area contributed by atoms with Crippen LogP contribution in [-0.4, -0.2) is 34.9 Å². The molecule has 0 saturated carbocycles. The summed E-state index contributed by atoms with van der Waals surface area (Å²) in [5, 5.41) is 24.8. The molecule has 0 aliphatic carbocycles. The molecule has 0 radical (unpaired) electrons. The number of nitrogens with one attached hydrogen (secondary N) is 2. The third-order valence-electron chi connectivity index (χ3n) is 4.31. The van der Waals surface area contributed by atoms with Crippen molar-refractivity contribution >= 4 is 46.8 Å². The molecule has 0 spiro atoms. The number of hydrogen-bond acceptors (Lipinski definition) is 6. The maximum Gasteiger partial charge on any atom is 0.475 e. The summed E-state index contributed by atoms with van der Waals surface area (Å²) in [7, 11) is -1.85. The number of para-hydroxylation sites is 1. The van der Waals surface area contributed by atoms with Crippen LogP contribution in [0.3, 0.4) is 0 Å². The molecule has 4 aromatic rings. The first-order valence-corrected chi connectivity index (χ1v) is 8.26. The second-order valence-corrected chi connectivity index (χ2v) is 6.17. The minimum absolute atomic E-state index is 0.0809. The van der Waals surface area contributed by atoms with Gasteiger partial charge in [0, 0.05) is 11.5 Å². The number of fused-ring (bicyclic) bond motifs is 3. The lowest BCUT2D eigenvalue weighted by atomic mass is 9.76. The summed E-state index contributed by atoms with van der Waals surface area (Å²) in [5.41, 5.74) is 2.75. The van der Waals surface area contributed by atoms with Gasteiger partial charge in [-0.3, -0.25) is 9.59 Å². The molecule has 27 heavy (non-hydrogen) atoms. The summed E-state index contributed by atoms with van der Waals surface area (Å²) in [5.74, 6) is -3.00. The van der Waals surface area contributed by atoms with Crippen LogP contribution in [-0.2, 0) is 16.0 Å². The van der Waals surface area contributed by atoms with E-state index >= 15 is 0 Å². The normalized spacial score (nSPS) is 12.4. The van der Waals surface area contributed by atoms with E-state index in [1.807, 2.05) is 18.2 Å². The van der Waals surface area contributed by atoms with Crippen LogP contribution in [0.15, 0.2) is 57.6 Å². The molecule has 0 aliphatic heterocycles. The highest BCUT2D eigenvalue weighted by atomic mass is 16.4. The standard InChI is InChI=1S/C18H15BN2O6/c22-17(20-13-8-11-5-6-15(13)27-11)18(23)21-16(19(24)25)7-10-9-26-14-4-2-1-3-12(10)14/h1-6,8-9,16,24-25H,7H2,(H,20,22)(H,21,23)/t16-/m0/s1. The molecular formula is C18H15BN2O6. The van der Waals surface area contributed by atoms with Gasteiger partial charge in [-0.15, -0.1) is 0 Å². The van der Waals surface area contributed by atoms with Gasteiger partial charge < -0.3 is 29.5 Å². The molecule has 8 nitrogen and oxygen atoms in total. The fourth-order valence-electron chi connectivity index (χ4n) is 2.96. The fourth-order valence-corrected chi connectivity index (χ4v) is 2.96. The van der Waals surface area contributed by atoms with Crippen LogP contribution in [0.1, 0.15) is 5.56 Å². The Morgan fingerprint density at radius 3 is 2.59 bits per heavy atom. The second-order valence-electron chi connectivity index (χ2n) is 6.17. The highest BCUT2D eigenvalue weighted by molar-refractivity contribution is 6.46. The van der Waals surface area contributed by atoms with Crippen LogP contribution in [0.4, 0.5) is 5.69 Å². The summed E-state index contributed by atoms with van der Waals surface area (Å²) < 4.78 is 10.7. The zero-order chi connectivity index (χ0) is 19.0. The summed E-state index contributed by atoms with van der Waals surface area (Å²) >= 11 is 0. The van der Waals surface area contributed by atoms with E-state index in [-0.39, 0.29) is 6.42 Å². The number of rotatable bonds is 5. The summed E-state index contributed by atoms with van der Waals surface area (Å²) in [6, 6.07) is 12.3. The third kappa shape index (κ3) is 3.37. The van der Waals surface area contributed by atoms with Crippen LogP contribution in [0.25, 0.3) is 22.1 Å². The average Bonchev–Trinajstić information content (AvgIpc) is 3.37. The van der Waals surface area contributed by atoms with E-state index in [9.17, 15) is 19.6 Å². The zero-order valence-corrected chi connectivity index (χ0v) is 14.0. The first-order chi connectivity index (χ1) is 13.0. The van der Waals surface area contributed by atoms with Gasteiger partial charge in [-0.25, -0.2) is 0 Å². The lowest BCUT2D eigenvalue weighted by molar-refractivity contribution is -0.136. The molecule has 136 valence electrons. The number of amides is 2. The van der Waals surface area contributed by atoms with Gasteiger partial charge in [0.1, 0.15) is 11.2 Å². The summed E-state index contributed by atoms with van der Waals surface area (Å²) in [6.07, 6.45) is 1.57. The molecule has 3 heterocycles. The summed E-state index contributed by atoms with van der Waals surface area (Å²) in [6.45, 7) is 0. The first-order valence-electron chi connectivity index (χ1n) is 8.26. The highest BCUT2D eigenvalue weighted by Gasteiger charge is 2.29. The van der Waals surface area contributed by atoms with Crippen molar-refractivity contribution in [1.29, 1.82) is 0 Å². The van der Waals surface area contributed by atoms with Crippen molar-refractivity contribution in [2.45, 2.75) is 12.4 Å². The number of furan rings is 3. The Bertz CT molecular complexity index is 1100. The van der Waals surface area contributed by atoms with E-state index in [2.05, 4.69) is 10.6 Å². The Morgan fingerprint density at radius 2 is 1.89 bits per heavy atom. The van der Waals surface area contributed by atoms with Crippen molar-refractivity contribution in [3.05, 3.63) is 54.3 Å². The predicted molar refractivity (Wildman–Crippen MR) is 98.1 cm³/mol. The van der Waals surface area contributed by atoms with Crippen molar-refractivity contribution in [3.8, 4) is 0 Å². The average molecular weight is 366 g/mol. The molecule has 4 N–H and O–H groups in total. The Labute approximate surface area is 153 Å². The number of anilines is 1. The third-order valence-corrected chi connectivity index (χ3v) is 4.31. The molecule has 0 aliphatic rings. The fraction of sp³-hybridized carbons (Fsp3) is 0.111. The van der Waals surface area contributed by atoms with Crippen molar-refractivity contribution in [2.75, 3.05) is 5.32 Å². The molecule has 0 unspecified atom stereocenters. The molecule has 9 heteroatoms. The van der Waals surface area contributed by atoms with Gasteiger partial charge in [0.2, 0.25) is 0 Å². The van der Waals surface area contributed by atoms with Gasteiger partial charge in [0.15, 0.2) is 5.58 Å². The predicted octanol–water partition coefficient (Wildman–Crippen LogP) is 1.29. The molecule has 0 fully saturated rings. The van der Waals surface area contributed by atoms with Gasteiger partial charge in [0.25, 0.3) is 0 Å². The summed E-state index contributed by atoms with van der Waals surface area (Å²) in [4.78, 5) is 24.3. The van der Waals surface area contributed by atoms with Gasteiger partial charge in [0.05, 0.1) is 17.9 Å². The Balaban J connectivity index is 1.45. The van der Waals surface area contributed by atoms with E-state index in [1.165, 1.54) is 6.26 Å². The molecule has 4 rings (SSSR count). The smallest absolute Gasteiger partial charge is 0.464 e. The number of carbonyl (C=O) groups excluding carboxylic acids is 2. The topological polar surface area (TPSA) is 125 Å². The van der Waals surface area contributed by atoms with Crippen LogP contribution < -0.4 is 10.6 Å². The van der Waals surface area contributed by atoms with Gasteiger partial charge in [-0.2, -0.15) is 0 Å². The van der Waals surface area contributed by atoms with Crippen molar-refractivity contribution in [1.82, 2.24) is 5.32 Å². The van der Waals surface area contributed by atoms with E-state index in [0.717, 1.165) is 5.39 Å². The highest BCUT2D eigenvalue weighted by Crippen LogP contribution is 2.26. The van der Waals surface area contributed by atoms with Gasteiger partial charge in [-0.1, -0.05) is 18.2 Å². The number of benzene rings is 2. The van der Waals surface area contributed by atoms with Crippen LogP contribution in [0.5, 0.6) is 0 Å². The molecule has 0 saturated heterocycles. The van der Waals surface area contributed by atoms with Crippen LogP contribution in [0, 0.1) is 0 Å². The number of carbonyl (C=O) groups is 2. The van der Waals surface area contributed by atoms with Gasteiger partial charge in [-0.05, 0) is 30.2 Å². The van der Waals surface area contributed by atoms with Crippen LogP contribution >= 0.6 is 0 Å². The lowest BCUT2D eigenvalue weighted by Crippen LogP contribution is -2.51. The molecule has 2 bridgehead atoms. The molecule has 2 amide bonds. The zero-order valence-electron chi connectivity index (χ0n) is 14.0. The lowest BCUT2D eigenvalue weighted by Gasteiger charge is -2.17. The second kappa shape index (κ2) is 6.78. The van der Waals surface area contributed by atoms with E-state index < -0.39 is 24.9 Å². The molecule has 3 aromatic heterocycles. The Hall–Kier alpha value is -3.30. The largest absolute Gasteiger partial charge is 0.475 e. The molecule has 1 atom stereocenters. The maximum atomic E-state index is 12.2. The maximum absolute atomic E-state index is 12.2. The van der Waals surface area contributed by atoms with Gasteiger partial charge >= 0.3 is 18.9 Å². The molecule has 1 aromatic carbocycles. The quantitative estimate of drug-likeness (QED) is 0.312. The number of hydrogen-bond donors (Lipinski definition) is 4. The van der Waals surface area contributed by atoms with Crippen molar-refractivity contribution in [2.24, 2.45) is 0 Å². The van der Waals surface area contributed by atoms with E-state index in [4.69, 9.17) is 8.83 Å². The van der Waals surface area contributed by atoms with Crippen molar-refractivity contribution in [3.63, 3.8) is 0 Å². The Kier molecular flexibility index (Phi) is 4.31. The SMILES string of the molecule is O=C(Nc1cc2ccc1o2)C(=O)N[C@@H](Cc1coc2ccccc12)B(O)O. The minimum Gasteiger partial charge on any atom is -0.464 e. The van der Waals surface area contributed by atoms with Crippen molar-refractivity contribution < 1.29 is 28.5 Å². The first kappa shape index (κ1) is 17.1.